The van der Waals surface area contributed by atoms with E-state index in [4.69, 9.17) is 0 Å². The molecule has 3 rings (SSSR count). The Kier molecular flexibility index (Phi) is 7.78. The highest BCUT2D eigenvalue weighted by molar-refractivity contribution is 7.99. The zero-order chi connectivity index (χ0) is 22.4. The fraction of sp³-hybridized carbons (Fsp3) is 0.429. The standard InChI is InChI=1S/C21H26F2N6OS/c1-4-9-31-21-27-18(25-11-13(2)3)15-12-26-29(19(15)28-21)8-7-24-20(30)14-5-6-16(22)17(23)10-14/h5-6,10,12-13H,4,7-9,11H2,1-3H3,(H,24,30)(H,25,27,28). The van der Waals surface area contributed by atoms with Crippen molar-refractivity contribution in [1.82, 2.24) is 25.1 Å². The second-order valence-electron chi connectivity index (χ2n) is 7.47. The molecule has 0 aliphatic carbocycles. The first-order chi connectivity index (χ1) is 14.9. The molecule has 2 N–H and O–H groups in total. The van der Waals surface area contributed by atoms with E-state index in [1.54, 1.807) is 22.6 Å². The van der Waals surface area contributed by atoms with Gasteiger partial charge in [0.1, 0.15) is 5.82 Å². The maximum Gasteiger partial charge on any atom is 0.251 e. The van der Waals surface area contributed by atoms with Crippen molar-refractivity contribution in [2.75, 3.05) is 24.2 Å². The highest BCUT2D eigenvalue weighted by Gasteiger charge is 2.14. The normalized spacial score (nSPS) is 11.3. The fourth-order valence-corrected chi connectivity index (χ4v) is 3.50. The second kappa shape index (κ2) is 10.5. The molecule has 3 aromatic rings. The predicted molar refractivity (Wildman–Crippen MR) is 118 cm³/mol. The molecule has 0 bridgehead atoms. The summed E-state index contributed by atoms with van der Waals surface area (Å²) in [6.45, 7) is 7.75. The summed E-state index contributed by atoms with van der Waals surface area (Å²) in [5.74, 6) is -0.414. The van der Waals surface area contributed by atoms with Gasteiger partial charge in [0.15, 0.2) is 22.4 Å². The zero-order valence-corrected chi connectivity index (χ0v) is 18.6. The van der Waals surface area contributed by atoms with Crippen LogP contribution in [0, 0.1) is 17.6 Å². The van der Waals surface area contributed by atoms with Crippen molar-refractivity contribution >= 4 is 34.5 Å². The van der Waals surface area contributed by atoms with Gasteiger partial charge in [0.05, 0.1) is 18.1 Å². The number of anilines is 1. The summed E-state index contributed by atoms with van der Waals surface area (Å²) in [7, 11) is 0. The lowest BCUT2D eigenvalue weighted by atomic mass is 10.2. The first-order valence-electron chi connectivity index (χ1n) is 10.2. The van der Waals surface area contributed by atoms with Gasteiger partial charge in [-0.2, -0.15) is 5.10 Å². The number of aromatic nitrogens is 4. The summed E-state index contributed by atoms with van der Waals surface area (Å²) in [4.78, 5) is 21.5. The van der Waals surface area contributed by atoms with Crippen molar-refractivity contribution in [3.05, 3.63) is 41.6 Å². The predicted octanol–water partition coefficient (Wildman–Crippen LogP) is 4.10. The molecule has 0 saturated carbocycles. The Labute approximate surface area is 184 Å². The Morgan fingerprint density at radius 1 is 1.23 bits per heavy atom. The minimum absolute atomic E-state index is 0.0602. The quantitative estimate of drug-likeness (QED) is 0.359. The van der Waals surface area contributed by atoms with Gasteiger partial charge in [0, 0.05) is 24.4 Å². The first kappa shape index (κ1) is 22.9. The van der Waals surface area contributed by atoms with Crippen LogP contribution in [-0.2, 0) is 6.54 Å². The van der Waals surface area contributed by atoms with Gasteiger partial charge in [-0.3, -0.25) is 4.79 Å². The Morgan fingerprint density at radius 2 is 2.03 bits per heavy atom. The molecule has 0 unspecified atom stereocenters. The van der Waals surface area contributed by atoms with Crippen LogP contribution in [-0.4, -0.2) is 44.5 Å². The molecule has 10 heteroatoms. The number of amides is 1. The van der Waals surface area contributed by atoms with E-state index in [9.17, 15) is 13.6 Å². The topological polar surface area (TPSA) is 84.7 Å². The van der Waals surface area contributed by atoms with Gasteiger partial charge in [-0.15, -0.1) is 0 Å². The van der Waals surface area contributed by atoms with Crippen molar-refractivity contribution in [3.8, 4) is 0 Å². The average Bonchev–Trinajstić information content (AvgIpc) is 3.15. The van der Waals surface area contributed by atoms with Crippen LogP contribution in [0.25, 0.3) is 11.0 Å². The Morgan fingerprint density at radius 3 is 2.74 bits per heavy atom. The molecule has 0 atom stereocenters. The molecule has 0 aliphatic heterocycles. The molecular formula is C21H26F2N6OS. The van der Waals surface area contributed by atoms with E-state index in [-0.39, 0.29) is 12.1 Å². The summed E-state index contributed by atoms with van der Waals surface area (Å²) in [5.41, 5.74) is 0.743. The van der Waals surface area contributed by atoms with Crippen molar-refractivity contribution < 1.29 is 13.6 Å². The number of rotatable bonds is 10. The van der Waals surface area contributed by atoms with Gasteiger partial charge in [-0.05, 0) is 30.5 Å². The third-order valence-corrected chi connectivity index (χ3v) is 5.43. The second-order valence-corrected chi connectivity index (χ2v) is 8.53. The van der Waals surface area contributed by atoms with E-state index in [1.165, 1.54) is 6.07 Å². The van der Waals surface area contributed by atoms with Gasteiger partial charge >= 0.3 is 0 Å². The zero-order valence-electron chi connectivity index (χ0n) is 17.8. The van der Waals surface area contributed by atoms with Gasteiger partial charge < -0.3 is 10.6 Å². The lowest BCUT2D eigenvalue weighted by molar-refractivity contribution is 0.0951. The number of thioether (sulfide) groups is 1. The van der Waals surface area contributed by atoms with E-state index in [2.05, 4.69) is 46.5 Å². The number of carbonyl (C=O) groups excluding carboxylic acids is 1. The summed E-state index contributed by atoms with van der Waals surface area (Å²) in [5, 5.41) is 12.0. The molecule has 2 aromatic heterocycles. The van der Waals surface area contributed by atoms with Gasteiger partial charge in [-0.25, -0.2) is 23.4 Å². The minimum Gasteiger partial charge on any atom is -0.369 e. The third kappa shape index (κ3) is 5.90. The van der Waals surface area contributed by atoms with E-state index >= 15 is 0 Å². The Balaban J connectivity index is 1.74. The number of hydrogen-bond acceptors (Lipinski definition) is 6. The maximum atomic E-state index is 13.3. The van der Waals surface area contributed by atoms with E-state index in [0.717, 1.165) is 42.1 Å². The smallest absolute Gasteiger partial charge is 0.251 e. The van der Waals surface area contributed by atoms with Crippen molar-refractivity contribution in [2.24, 2.45) is 5.92 Å². The van der Waals surface area contributed by atoms with Crippen LogP contribution in [0.2, 0.25) is 0 Å². The van der Waals surface area contributed by atoms with Crippen molar-refractivity contribution in [2.45, 2.75) is 38.9 Å². The number of nitrogens with zero attached hydrogens (tertiary/aromatic N) is 4. The highest BCUT2D eigenvalue weighted by Crippen LogP contribution is 2.25. The number of carbonyl (C=O) groups is 1. The van der Waals surface area contributed by atoms with Crippen LogP contribution in [0.15, 0.2) is 29.6 Å². The Bertz CT molecular complexity index is 1060. The highest BCUT2D eigenvalue weighted by atomic mass is 32.2. The largest absolute Gasteiger partial charge is 0.369 e. The van der Waals surface area contributed by atoms with Crippen molar-refractivity contribution in [1.29, 1.82) is 0 Å². The molecule has 166 valence electrons. The van der Waals surface area contributed by atoms with Gasteiger partial charge in [0.25, 0.3) is 5.91 Å². The summed E-state index contributed by atoms with van der Waals surface area (Å²) < 4.78 is 28.1. The lowest BCUT2D eigenvalue weighted by Crippen LogP contribution is -2.27. The van der Waals surface area contributed by atoms with Crippen molar-refractivity contribution in [3.63, 3.8) is 0 Å². The molecule has 0 radical (unpaired) electrons. The van der Waals surface area contributed by atoms with E-state index < -0.39 is 17.5 Å². The number of fused-ring (bicyclic) bond motifs is 1. The summed E-state index contributed by atoms with van der Waals surface area (Å²) in [6.07, 6.45) is 2.72. The molecule has 0 aliphatic rings. The average molecular weight is 449 g/mol. The van der Waals surface area contributed by atoms with Crippen LogP contribution < -0.4 is 10.6 Å². The van der Waals surface area contributed by atoms with E-state index in [1.807, 2.05) is 0 Å². The third-order valence-electron chi connectivity index (χ3n) is 4.38. The molecule has 1 aromatic carbocycles. The lowest BCUT2D eigenvalue weighted by Gasteiger charge is -2.11. The number of nitrogens with one attached hydrogen (secondary N) is 2. The summed E-state index contributed by atoms with van der Waals surface area (Å²) in [6, 6.07) is 3.06. The summed E-state index contributed by atoms with van der Waals surface area (Å²) >= 11 is 1.59. The maximum absolute atomic E-state index is 13.3. The van der Waals surface area contributed by atoms with Crippen LogP contribution >= 0.6 is 11.8 Å². The van der Waals surface area contributed by atoms with Crippen LogP contribution in [0.5, 0.6) is 0 Å². The van der Waals surface area contributed by atoms with E-state index in [0.29, 0.717) is 23.3 Å². The molecule has 0 fully saturated rings. The van der Waals surface area contributed by atoms with Crippen LogP contribution in [0.4, 0.5) is 14.6 Å². The fourth-order valence-electron chi connectivity index (χ4n) is 2.81. The number of benzene rings is 1. The molecule has 0 spiro atoms. The molecule has 1 amide bonds. The molecule has 0 saturated heterocycles. The number of halogens is 2. The van der Waals surface area contributed by atoms with Crippen LogP contribution in [0.3, 0.4) is 0 Å². The van der Waals surface area contributed by atoms with Crippen LogP contribution in [0.1, 0.15) is 37.6 Å². The SMILES string of the molecule is CCCSc1nc(NCC(C)C)c2cnn(CCNC(=O)c3ccc(F)c(F)c3)c2n1. The van der Waals surface area contributed by atoms with Gasteiger partial charge in [0.2, 0.25) is 0 Å². The first-order valence-corrected chi connectivity index (χ1v) is 11.2. The minimum atomic E-state index is -1.05. The molecule has 7 nitrogen and oxygen atoms in total. The molecular weight excluding hydrogens is 422 g/mol. The number of hydrogen-bond donors (Lipinski definition) is 2. The molecule has 2 heterocycles. The monoisotopic (exact) mass is 448 g/mol. The molecule has 31 heavy (non-hydrogen) atoms. The Hall–Kier alpha value is -2.75. The van der Waals surface area contributed by atoms with Gasteiger partial charge in [-0.1, -0.05) is 32.5 Å².